The molecule has 1 aromatic carbocycles. The lowest BCUT2D eigenvalue weighted by Gasteiger charge is -1.98. The third kappa shape index (κ3) is 0.789. The molecule has 14 heavy (non-hydrogen) atoms. The number of rotatable bonds is 0. The Kier molecular flexibility index (Phi) is 1.29. The second kappa shape index (κ2) is 2.38. The van der Waals surface area contributed by atoms with Gasteiger partial charge in [0.05, 0.1) is 11.2 Å². The highest BCUT2D eigenvalue weighted by molar-refractivity contribution is 5.92. The van der Waals surface area contributed by atoms with Crippen molar-refractivity contribution in [2.24, 2.45) is 0 Å². The third-order valence-corrected chi connectivity index (χ3v) is 2.62. The molecule has 0 spiro atoms. The Bertz CT molecular complexity index is 527. The van der Waals surface area contributed by atoms with Crippen molar-refractivity contribution >= 4 is 17.0 Å². The molecule has 1 atom stereocenters. The topological polar surface area (TPSA) is 31.2 Å². The van der Waals surface area contributed by atoms with Crippen LogP contribution in [0.15, 0.2) is 30.3 Å². The summed E-state index contributed by atoms with van der Waals surface area (Å²) in [6.07, 6.45) is -0.399. The van der Waals surface area contributed by atoms with Crippen LogP contribution in [0, 0.1) is 0 Å². The van der Waals surface area contributed by atoms with Crippen LogP contribution in [0.3, 0.4) is 0 Å². The number of hydrogen-bond acceptors (Lipinski definition) is 2. The number of fused-ring (bicyclic) bond motifs is 3. The molecule has 0 radical (unpaired) electrons. The van der Waals surface area contributed by atoms with E-state index in [1.165, 1.54) is 0 Å². The first-order valence-corrected chi connectivity index (χ1v) is 4.59. The summed E-state index contributed by atoms with van der Waals surface area (Å²) in [5.41, 5.74) is 1.87. The van der Waals surface area contributed by atoms with Gasteiger partial charge in [-0.25, -0.2) is 9.36 Å². The fraction of sp³-hybridized carbons (Fsp3) is 0.182. The van der Waals surface area contributed by atoms with Gasteiger partial charge in [-0.2, -0.15) is 0 Å². The Balaban J connectivity index is 2.43. The number of hydrogen-bond donors (Lipinski definition) is 0. The molecule has 0 saturated heterocycles. The number of cyclic esters (lactones) is 1. The van der Waals surface area contributed by atoms with Crippen LogP contribution in [0.1, 0.15) is 18.7 Å². The number of carbonyl (C=O) groups excluding carboxylic acids is 1. The average molecular weight is 187 g/mol. The van der Waals surface area contributed by atoms with Gasteiger partial charge < -0.3 is 4.74 Å². The molecule has 3 rings (SSSR count). The van der Waals surface area contributed by atoms with Crippen LogP contribution in [0.4, 0.5) is 4.79 Å². The average Bonchev–Trinajstić information content (AvgIpc) is 2.66. The molecule has 3 heteroatoms. The summed E-state index contributed by atoms with van der Waals surface area (Å²) in [6.45, 7) is 1.88. The Labute approximate surface area is 80.9 Å². The zero-order valence-electron chi connectivity index (χ0n) is 7.73. The first kappa shape index (κ1) is 7.62. The lowest BCUT2D eigenvalue weighted by molar-refractivity contribution is 0.133. The molecule has 2 heterocycles. The minimum Gasteiger partial charge on any atom is -0.439 e. The Hall–Kier alpha value is -1.77. The van der Waals surface area contributed by atoms with Gasteiger partial charge in [-0.15, -0.1) is 0 Å². The molecule has 1 aliphatic rings. The van der Waals surface area contributed by atoms with Crippen LogP contribution in [0.25, 0.3) is 10.9 Å². The van der Waals surface area contributed by atoms with E-state index >= 15 is 0 Å². The van der Waals surface area contributed by atoms with Crippen LogP contribution in [-0.4, -0.2) is 10.7 Å². The molecule has 1 aromatic heterocycles. The molecule has 1 aliphatic heterocycles. The van der Waals surface area contributed by atoms with Crippen molar-refractivity contribution in [1.29, 1.82) is 0 Å². The van der Waals surface area contributed by atoms with Crippen LogP contribution in [0.5, 0.6) is 0 Å². The molecule has 0 amide bonds. The monoisotopic (exact) mass is 187 g/mol. The van der Waals surface area contributed by atoms with Gasteiger partial charge in [-0.1, -0.05) is 18.2 Å². The molecule has 3 nitrogen and oxygen atoms in total. The third-order valence-electron chi connectivity index (χ3n) is 2.62. The number of carbonyl (C=O) groups is 1. The van der Waals surface area contributed by atoms with Crippen molar-refractivity contribution < 1.29 is 9.53 Å². The molecule has 0 saturated carbocycles. The minimum atomic E-state index is -0.270. The number of aromatic nitrogens is 1. The lowest BCUT2D eigenvalue weighted by atomic mass is 10.2. The van der Waals surface area contributed by atoms with Gasteiger partial charge in [0, 0.05) is 5.39 Å². The number of para-hydroxylation sites is 1. The van der Waals surface area contributed by atoms with Crippen LogP contribution in [0.2, 0.25) is 0 Å². The molecule has 2 aromatic rings. The molecule has 1 unspecified atom stereocenters. The normalized spacial score (nSPS) is 19.8. The summed E-state index contributed by atoms with van der Waals surface area (Å²) in [6, 6.07) is 9.82. The number of nitrogens with zero attached hydrogens (tertiary/aromatic N) is 1. The van der Waals surface area contributed by atoms with Gasteiger partial charge in [0.2, 0.25) is 0 Å². The predicted molar refractivity (Wildman–Crippen MR) is 52.2 cm³/mol. The van der Waals surface area contributed by atoms with Crippen LogP contribution >= 0.6 is 0 Å². The van der Waals surface area contributed by atoms with Gasteiger partial charge in [-0.3, -0.25) is 0 Å². The first-order valence-electron chi connectivity index (χ1n) is 4.59. The molecule has 0 N–H and O–H groups in total. The van der Waals surface area contributed by atoms with Crippen molar-refractivity contribution in [3.05, 3.63) is 36.0 Å². The largest absolute Gasteiger partial charge is 0.439 e. The van der Waals surface area contributed by atoms with E-state index in [0.717, 1.165) is 16.6 Å². The standard InChI is InChI=1S/C11H9NO2/c1-7-10-6-8-4-2-3-5-9(8)12(10)11(13)14-7/h2-7H,1H3. The highest BCUT2D eigenvalue weighted by Gasteiger charge is 2.29. The predicted octanol–water partition coefficient (Wildman–Crippen LogP) is 2.70. The molecule has 0 aliphatic carbocycles. The van der Waals surface area contributed by atoms with Gasteiger partial charge in [0.25, 0.3) is 0 Å². The van der Waals surface area contributed by atoms with E-state index in [1.807, 2.05) is 37.3 Å². The van der Waals surface area contributed by atoms with Crippen molar-refractivity contribution in [3.8, 4) is 0 Å². The Morgan fingerprint density at radius 3 is 3.00 bits per heavy atom. The van der Waals surface area contributed by atoms with Crippen LogP contribution in [-0.2, 0) is 4.74 Å². The second-order valence-corrected chi connectivity index (χ2v) is 3.49. The van der Waals surface area contributed by atoms with E-state index in [0.29, 0.717) is 0 Å². The van der Waals surface area contributed by atoms with Crippen LogP contribution < -0.4 is 0 Å². The van der Waals surface area contributed by atoms with Crippen molar-refractivity contribution in [1.82, 2.24) is 4.57 Å². The van der Waals surface area contributed by atoms with E-state index in [4.69, 9.17) is 4.74 Å². The smallest absolute Gasteiger partial charge is 0.419 e. The molecule has 70 valence electrons. The van der Waals surface area contributed by atoms with Crippen molar-refractivity contribution in [2.45, 2.75) is 13.0 Å². The maximum absolute atomic E-state index is 11.5. The van der Waals surface area contributed by atoms with Gasteiger partial charge in [0.1, 0.15) is 6.10 Å². The SMILES string of the molecule is CC1OC(=O)n2c1cc1ccccc12. The van der Waals surface area contributed by atoms with E-state index in [1.54, 1.807) is 4.57 Å². The second-order valence-electron chi connectivity index (χ2n) is 3.49. The van der Waals surface area contributed by atoms with Crippen molar-refractivity contribution in [2.75, 3.05) is 0 Å². The highest BCUT2D eigenvalue weighted by atomic mass is 16.6. The fourth-order valence-corrected chi connectivity index (χ4v) is 1.94. The van der Waals surface area contributed by atoms with Gasteiger partial charge in [-0.05, 0) is 19.1 Å². The van der Waals surface area contributed by atoms with E-state index in [9.17, 15) is 4.79 Å². The van der Waals surface area contributed by atoms with Crippen molar-refractivity contribution in [3.63, 3.8) is 0 Å². The summed E-state index contributed by atoms with van der Waals surface area (Å²) >= 11 is 0. The summed E-state index contributed by atoms with van der Waals surface area (Å²) in [5, 5.41) is 1.09. The summed E-state index contributed by atoms with van der Waals surface area (Å²) in [5.74, 6) is 0. The lowest BCUT2D eigenvalue weighted by Crippen LogP contribution is -2.03. The van der Waals surface area contributed by atoms with Gasteiger partial charge in [0.15, 0.2) is 0 Å². The van der Waals surface area contributed by atoms with E-state index in [-0.39, 0.29) is 12.2 Å². The Morgan fingerprint density at radius 2 is 2.14 bits per heavy atom. The fourth-order valence-electron chi connectivity index (χ4n) is 1.94. The van der Waals surface area contributed by atoms with Gasteiger partial charge >= 0.3 is 6.09 Å². The zero-order valence-corrected chi connectivity index (χ0v) is 7.73. The first-order chi connectivity index (χ1) is 6.77. The Morgan fingerprint density at radius 1 is 1.36 bits per heavy atom. The van der Waals surface area contributed by atoms with E-state index < -0.39 is 0 Å². The highest BCUT2D eigenvalue weighted by Crippen LogP contribution is 2.31. The quantitative estimate of drug-likeness (QED) is 0.635. The van der Waals surface area contributed by atoms with E-state index in [2.05, 4.69) is 0 Å². The number of ether oxygens (including phenoxy) is 1. The maximum atomic E-state index is 11.5. The maximum Gasteiger partial charge on any atom is 0.419 e. The molecular weight excluding hydrogens is 178 g/mol. The molecular formula is C11H9NO2. The minimum absolute atomic E-state index is 0.130. The summed E-state index contributed by atoms with van der Waals surface area (Å²) in [7, 11) is 0. The summed E-state index contributed by atoms with van der Waals surface area (Å²) in [4.78, 5) is 11.5. The molecule has 0 bridgehead atoms. The summed E-state index contributed by atoms with van der Waals surface area (Å²) < 4.78 is 6.74. The molecule has 0 fully saturated rings. The zero-order chi connectivity index (χ0) is 9.71. The number of benzene rings is 1.